The van der Waals surface area contributed by atoms with Crippen molar-refractivity contribution in [1.29, 1.82) is 0 Å². The third-order valence-electron chi connectivity index (χ3n) is 4.92. The SMILES string of the molecule is CN=C(NCc1ccc(OC)nc1)NCC1CCCN1Cc1ccccc1. The summed E-state index contributed by atoms with van der Waals surface area (Å²) in [5.41, 5.74) is 2.46. The molecule has 0 bridgehead atoms. The lowest BCUT2D eigenvalue weighted by Crippen LogP contribution is -2.44. The zero-order chi connectivity index (χ0) is 18.9. The zero-order valence-electron chi connectivity index (χ0n) is 16.2. The number of pyridine rings is 1. The van der Waals surface area contributed by atoms with Crippen LogP contribution in [0.15, 0.2) is 53.7 Å². The molecule has 6 nitrogen and oxygen atoms in total. The number of benzene rings is 1. The van der Waals surface area contributed by atoms with E-state index in [0.29, 0.717) is 18.5 Å². The Bertz CT molecular complexity index is 717. The largest absolute Gasteiger partial charge is 0.481 e. The molecule has 0 amide bonds. The first-order valence-electron chi connectivity index (χ1n) is 9.50. The van der Waals surface area contributed by atoms with E-state index >= 15 is 0 Å². The van der Waals surface area contributed by atoms with Gasteiger partial charge in [-0.15, -0.1) is 0 Å². The molecule has 1 saturated heterocycles. The third kappa shape index (κ3) is 5.69. The molecule has 1 aromatic heterocycles. The second-order valence-electron chi connectivity index (χ2n) is 6.77. The van der Waals surface area contributed by atoms with Crippen LogP contribution in [0.3, 0.4) is 0 Å². The molecule has 0 spiro atoms. The Balaban J connectivity index is 1.46. The molecular formula is C21H29N5O. The van der Waals surface area contributed by atoms with E-state index in [1.54, 1.807) is 14.2 Å². The molecule has 1 aromatic carbocycles. The van der Waals surface area contributed by atoms with Crippen molar-refractivity contribution in [3.63, 3.8) is 0 Å². The summed E-state index contributed by atoms with van der Waals surface area (Å²) < 4.78 is 5.09. The van der Waals surface area contributed by atoms with Crippen molar-refractivity contribution in [3.05, 3.63) is 59.8 Å². The van der Waals surface area contributed by atoms with E-state index in [2.05, 4.69) is 55.8 Å². The van der Waals surface area contributed by atoms with Gasteiger partial charge in [-0.1, -0.05) is 36.4 Å². The Hall–Kier alpha value is -2.60. The van der Waals surface area contributed by atoms with Crippen LogP contribution in [0.25, 0.3) is 0 Å². The fourth-order valence-electron chi connectivity index (χ4n) is 3.41. The normalized spacial score (nSPS) is 17.7. The maximum absolute atomic E-state index is 5.09. The quantitative estimate of drug-likeness (QED) is 0.581. The molecule has 3 rings (SSSR count). The third-order valence-corrected chi connectivity index (χ3v) is 4.92. The number of aliphatic imine (C=N–C) groups is 1. The Morgan fingerprint density at radius 2 is 2.04 bits per heavy atom. The van der Waals surface area contributed by atoms with Crippen LogP contribution in [0.2, 0.25) is 0 Å². The number of ether oxygens (including phenoxy) is 1. The number of likely N-dealkylation sites (tertiary alicyclic amines) is 1. The number of nitrogens with zero attached hydrogens (tertiary/aromatic N) is 3. The van der Waals surface area contributed by atoms with Crippen molar-refractivity contribution in [1.82, 2.24) is 20.5 Å². The van der Waals surface area contributed by atoms with Gasteiger partial charge in [-0.3, -0.25) is 9.89 Å². The second kappa shape index (κ2) is 9.92. The van der Waals surface area contributed by atoms with E-state index in [9.17, 15) is 0 Å². The summed E-state index contributed by atoms with van der Waals surface area (Å²) in [7, 11) is 3.42. The Morgan fingerprint density at radius 1 is 1.19 bits per heavy atom. The molecule has 2 N–H and O–H groups in total. The summed E-state index contributed by atoms with van der Waals surface area (Å²) >= 11 is 0. The fraction of sp³-hybridized carbons (Fsp3) is 0.429. The lowest BCUT2D eigenvalue weighted by Gasteiger charge is -2.25. The summed E-state index contributed by atoms with van der Waals surface area (Å²) in [5.74, 6) is 1.44. The molecule has 6 heteroatoms. The number of hydrogen-bond acceptors (Lipinski definition) is 4. The van der Waals surface area contributed by atoms with Crippen molar-refractivity contribution in [2.75, 3.05) is 27.2 Å². The van der Waals surface area contributed by atoms with Crippen LogP contribution in [-0.4, -0.2) is 49.1 Å². The second-order valence-corrected chi connectivity index (χ2v) is 6.77. The van der Waals surface area contributed by atoms with Crippen molar-refractivity contribution < 1.29 is 4.74 Å². The van der Waals surface area contributed by atoms with Gasteiger partial charge in [-0.2, -0.15) is 0 Å². The summed E-state index contributed by atoms with van der Waals surface area (Å²) in [4.78, 5) is 11.1. The fourth-order valence-corrected chi connectivity index (χ4v) is 3.41. The van der Waals surface area contributed by atoms with Gasteiger partial charge in [0, 0.05) is 45.0 Å². The van der Waals surface area contributed by atoms with Crippen LogP contribution in [0.4, 0.5) is 0 Å². The molecule has 144 valence electrons. The van der Waals surface area contributed by atoms with Gasteiger partial charge in [0.05, 0.1) is 7.11 Å². The molecule has 2 heterocycles. The summed E-state index contributed by atoms with van der Waals surface area (Å²) in [6, 6.07) is 15.1. The molecule has 0 saturated carbocycles. The van der Waals surface area contributed by atoms with Crippen LogP contribution in [0.1, 0.15) is 24.0 Å². The van der Waals surface area contributed by atoms with Gasteiger partial charge in [-0.25, -0.2) is 4.98 Å². The molecule has 1 aliphatic heterocycles. The molecule has 27 heavy (non-hydrogen) atoms. The highest BCUT2D eigenvalue weighted by Crippen LogP contribution is 2.19. The highest BCUT2D eigenvalue weighted by Gasteiger charge is 2.24. The van der Waals surface area contributed by atoms with Crippen LogP contribution >= 0.6 is 0 Å². The standard InChI is InChI=1S/C21H29N5O/c1-22-21(24-14-18-10-11-20(27-2)23-13-18)25-15-19-9-6-12-26(19)16-17-7-4-3-5-8-17/h3-5,7-8,10-11,13,19H,6,9,12,14-16H2,1-2H3,(H2,22,24,25). The van der Waals surface area contributed by atoms with Gasteiger partial charge in [0.15, 0.2) is 5.96 Å². The number of methoxy groups -OCH3 is 1. The van der Waals surface area contributed by atoms with Gasteiger partial charge in [-0.05, 0) is 30.5 Å². The summed E-state index contributed by atoms with van der Waals surface area (Å²) in [5, 5.41) is 6.82. The summed E-state index contributed by atoms with van der Waals surface area (Å²) in [6.45, 7) is 3.74. The van der Waals surface area contributed by atoms with Crippen LogP contribution in [0, 0.1) is 0 Å². The minimum atomic E-state index is 0.534. The van der Waals surface area contributed by atoms with Crippen molar-refractivity contribution in [3.8, 4) is 5.88 Å². The average Bonchev–Trinajstić information content (AvgIpc) is 3.16. The zero-order valence-corrected chi connectivity index (χ0v) is 16.2. The van der Waals surface area contributed by atoms with Gasteiger partial charge in [0.2, 0.25) is 5.88 Å². The van der Waals surface area contributed by atoms with Gasteiger partial charge >= 0.3 is 0 Å². The maximum Gasteiger partial charge on any atom is 0.212 e. The number of rotatable bonds is 7. The Morgan fingerprint density at radius 3 is 2.74 bits per heavy atom. The molecule has 1 unspecified atom stereocenters. The lowest BCUT2D eigenvalue weighted by molar-refractivity contribution is 0.245. The molecular weight excluding hydrogens is 338 g/mol. The molecule has 1 fully saturated rings. The molecule has 0 radical (unpaired) electrons. The smallest absolute Gasteiger partial charge is 0.212 e. The number of guanidine groups is 1. The topological polar surface area (TPSA) is 61.8 Å². The minimum absolute atomic E-state index is 0.534. The monoisotopic (exact) mass is 367 g/mol. The first-order valence-corrected chi connectivity index (χ1v) is 9.50. The average molecular weight is 367 g/mol. The van der Waals surface area contributed by atoms with Crippen LogP contribution in [-0.2, 0) is 13.1 Å². The summed E-state index contributed by atoms with van der Waals surface area (Å²) in [6.07, 6.45) is 4.29. The Labute approximate surface area is 161 Å². The predicted octanol–water partition coefficient (Wildman–Crippen LogP) is 2.42. The van der Waals surface area contributed by atoms with Crippen LogP contribution < -0.4 is 15.4 Å². The molecule has 1 atom stereocenters. The van der Waals surface area contributed by atoms with Gasteiger partial charge < -0.3 is 15.4 Å². The first-order chi connectivity index (χ1) is 13.3. The highest BCUT2D eigenvalue weighted by atomic mass is 16.5. The van der Waals surface area contributed by atoms with E-state index in [1.165, 1.54) is 18.4 Å². The molecule has 0 aliphatic carbocycles. The van der Waals surface area contributed by atoms with E-state index in [1.807, 2.05) is 18.3 Å². The van der Waals surface area contributed by atoms with E-state index < -0.39 is 0 Å². The van der Waals surface area contributed by atoms with E-state index in [4.69, 9.17) is 4.74 Å². The van der Waals surface area contributed by atoms with Crippen LogP contribution in [0.5, 0.6) is 5.88 Å². The van der Waals surface area contributed by atoms with Crippen molar-refractivity contribution >= 4 is 5.96 Å². The highest BCUT2D eigenvalue weighted by molar-refractivity contribution is 5.79. The van der Waals surface area contributed by atoms with E-state index in [-0.39, 0.29) is 0 Å². The molecule has 2 aromatic rings. The Kier molecular flexibility index (Phi) is 7.04. The predicted molar refractivity (Wildman–Crippen MR) is 109 cm³/mol. The minimum Gasteiger partial charge on any atom is -0.481 e. The number of hydrogen-bond donors (Lipinski definition) is 2. The number of nitrogens with one attached hydrogen (secondary N) is 2. The van der Waals surface area contributed by atoms with Gasteiger partial charge in [0.1, 0.15) is 0 Å². The first kappa shape index (κ1) is 19.2. The lowest BCUT2D eigenvalue weighted by atomic mass is 10.2. The number of aromatic nitrogens is 1. The van der Waals surface area contributed by atoms with Gasteiger partial charge in [0.25, 0.3) is 0 Å². The van der Waals surface area contributed by atoms with E-state index in [0.717, 1.165) is 31.2 Å². The van der Waals surface area contributed by atoms with Crippen molar-refractivity contribution in [2.45, 2.75) is 32.0 Å². The maximum atomic E-state index is 5.09. The molecule has 1 aliphatic rings. The van der Waals surface area contributed by atoms with Crippen molar-refractivity contribution in [2.24, 2.45) is 4.99 Å².